The van der Waals surface area contributed by atoms with Crippen molar-refractivity contribution in [2.75, 3.05) is 14.2 Å². The molecule has 0 aliphatic carbocycles. The van der Waals surface area contributed by atoms with E-state index in [1.165, 1.54) is 20.1 Å². The highest BCUT2D eigenvalue weighted by Crippen LogP contribution is 2.47. The summed E-state index contributed by atoms with van der Waals surface area (Å²) in [6, 6.07) is 12.1. The van der Waals surface area contributed by atoms with Crippen LogP contribution in [0.1, 0.15) is 44.1 Å². The van der Waals surface area contributed by atoms with Gasteiger partial charge in [0.2, 0.25) is 0 Å². The van der Waals surface area contributed by atoms with E-state index in [-0.39, 0.29) is 18.0 Å². The summed E-state index contributed by atoms with van der Waals surface area (Å²) < 4.78 is 16.6. The Hall–Kier alpha value is -3.61. The van der Waals surface area contributed by atoms with Gasteiger partial charge in [-0.05, 0) is 38.4 Å². The van der Waals surface area contributed by atoms with Crippen LogP contribution in [-0.2, 0) is 28.4 Å². The van der Waals surface area contributed by atoms with Crippen molar-refractivity contribution < 1.29 is 38.3 Å². The Morgan fingerprint density at radius 2 is 1.82 bits per heavy atom. The van der Waals surface area contributed by atoms with Crippen molar-refractivity contribution in [1.29, 1.82) is 0 Å². The van der Waals surface area contributed by atoms with E-state index >= 15 is 0 Å². The molecule has 214 valence electrons. The minimum atomic E-state index is -2.52. The zero-order chi connectivity index (χ0) is 29.2. The van der Waals surface area contributed by atoms with E-state index in [2.05, 4.69) is 10.3 Å². The lowest BCUT2D eigenvalue weighted by atomic mass is 9.53. The molecule has 2 aliphatic heterocycles. The fourth-order valence-corrected chi connectivity index (χ4v) is 5.71. The number of fused-ring (bicyclic) bond motifs is 2. The number of carbonyl (C=O) groups is 4. The molecule has 2 aliphatic rings. The van der Waals surface area contributed by atoms with Crippen molar-refractivity contribution in [3.63, 3.8) is 0 Å². The molecule has 2 N–H and O–H groups in total. The molecule has 40 heavy (non-hydrogen) atoms. The number of benzene rings is 1. The minimum absolute atomic E-state index is 0.0745. The van der Waals surface area contributed by atoms with Crippen molar-refractivity contribution in [2.45, 2.75) is 63.7 Å². The number of hydrogen-bond acceptors (Lipinski definition) is 10. The van der Waals surface area contributed by atoms with Gasteiger partial charge < -0.3 is 29.3 Å². The number of aliphatic hydroxyl groups excluding tert-OH is 1. The number of likely N-dealkylation sites (N-methyl/N-ethyl adjacent to an activating group) is 1. The molecule has 4 rings (SSSR count). The Bertz CT molecular complexity index is 1270. The van der Waals surface area contributed by atoms with Crippen molar-refractivity contribution in [3.05, 3.63) is 54.2 Å². The standard InChI is InChI=1S/C28H35BN3O8/c1-16(2)14-19(29-32(4)24(27(36)40-29)25(39-29)28(37)38-5)15-22(34)23(17(3)33)31-26(35)21-13-9-12-20(30-21)18-10-7-6-8-11-18/h6-13,16-17,19,23-25,33H,14-15H2,1-5H3,(H,31,35)/q-1/t17-,19?,23+,24+,25-,29?/m1/s1. The summed E-state index contributed by atoms with van der Waals surface area (Å²) in [6.07, 6.45) is -2.15. The van der Waals surface area contributed by atoms with Crippen LogP contribution >= 0.6 is 0 Å². The molecule has 1 amide bonds. The number of carbonyl (C=O) groups excluding carboxylic acids is 4. The van der Waals surface area contributed by atoms with E-state index in [1.54, 1.807) is 24.0 Å². The van der Waals surface area contributed by atoms with Crippen molar-refractivity contribution in [1.82, 2.24) is 15.1 Å². The third kappa shape index (κ3) is 5.65. The number of amides is 1. The maximum absolute atomic E-state index is 13.6. The third-order valence-electron chi connectivity index (χ3n) is 7.60. The Morgan fingerprint density at radius 1 is 1.12 bits per heavy atom. The van der Waals surface area contributed by atoms with E-state index in [1.807, 2.05) is 44.2 Å². The highest BCUT2D eigenvalue weighted by atomic mass is 16.7. The van der Waals surface area contributed by atoms with Crippen LogP contribution in [-0.4, -0.2) is 83.7 Å². The van der Waals surface area contributed by atoms with Gasteiger partial charge in [0.25, 0.3) is 11.9 Å². The lowest BCUT2D eigenvalue weighted by Gasteiger charge is -2.45. The van der Waals surface area contributed by atoms with Gasteiger partial charge in [-0.25, -0.2) is 9.78 Å². The smallest absolute Gasteiger partial charge is 0.378 e. The molecular formula is C28H35BN3O8-. The van der Waals surface area contributed by atoms with E-state index < -0.39 is 60.4 Å². The summed E-state index contributed by atoms with van der Waals surface area (Å²) in [4.78, 5) is 57.8. The van der Waals surface area contributed by atoms with Gasteiger partial charge in [-0.1, -0.05) is 62.5 Å². The number of Topliss-reactive ketones (excluding diaryl/α,β-unsaturated/α-hetero) is 1. The monoisotopic (exact) mass is 552 g/mol. The summed E-state index contributed by atoms with van der Waals surface area (Å²) in [5.41, 5.74) is 1.51. The summed E-state index contributed by atoms with van der Waals surface area (Å²) in [7, 11) is 2.83. The van der Waals surface area contributed by atoms with Crippen molar-refractivity contribution in [2.24, 2.45) is 5.92 Å². The minimum Gasteiger partial charge on any atom is -0.652 e. The number of rotatable bonds is 11. The van der Waals surface area contributed by atoms with Crippen LogP contribution in [0.3, 0.4) is 0 Å². The second kappa shape index (κ2) is 11.9. The molecule has 6 atom stereocenters. The Labute approximate surface area is 233 Å². The van der Waals surface area contributed by atoms with Crippen LogP contribution in [0.4, 0.5) is 0 Å². The third-order valence-corrected chi connectivity index (χ3v) is 7.60. The van der Waals surface area contributed by atoms with Gasteiger partial charge in [0.15, 0.2) is 5.78 Å². The topological polar surface area (TPSA) is 144 Å². The number of pyridine rings is 1. The van der Waals surface area contributed by atoms with Crippen LogP contribution in [0.5, 0.6) is 0 Å². The number of esters is 1. The molecule has 0 saturated carbocycles. The Kier molecular flexibility index (Phi) is 8.72. The molecule has 1 aromatic carbocycles. The normalized spacial score (nSPS) is 24.3. The molecule has 2 aromatic rings. The van der Waals surface area contributed by atoms with Crippen LogP contribution in [0.25, 0.3) is 11.3 Å². The predicted molar refractivity (Wildman–Crippen MR) is 146 cm³/mol. The zero-order valence-corrected chi connectivity index (χ0v) is 23.3. The van der Waals surface area contributed by atoms with Gasteiger partial charge in [-0.2, -0.15) is 0 Å². The van der Waals surface area contributed by atoms with E-state index in [0.717, 1.165) is 5.56 Å². The van der Waals surface area contributed by atoms with Crippen LogP contribution in [0, 0.1) is 5.92 Å². The van der Waals surface area contributed by atoms with E-state index in [0.29, 0.717) is 12.1 Å². The fraction of sp³-hybridized carbons (Fsp3) is 0.464. The first kappa shape index (κ1) is 29.4. The van der Waals surface area contributed by atoms with Crippen LogP contribution in [0.15, 0.2) is 48.5 Å². The Balaban J connectivity index is 1.55. The number of aliphatic hydroxyl groups is 1. The van der Waals surface area contributed by atoms with E-state index in [9.17, 15) is 24.3 Å². The van der Waals surface area contributed by atoms with Gasteiger partial charge in [-0.15, -0.1) is 0 Å². The predicted octanol–water partition coefficient (Wildman–Crippen LogP) is 1.97. The largest absolute Gasteiger partial charge is 0.652 e. The molecule has 0 spiro atoms. The number of aromatic nitrogens is 1. The van der Waals surface area contributed by atoms with Gasteiger partial charge in [0.1, 0.15) is 23.9 Å². The van der Waals surface area contributed by atoms with Gasteiger partial charge in [0, 0.05) is 5.56 Å². The second-order valence-electron chi connectivity index (χ2n) is 10.9. The lowest BCUT2D eigenvalue weighted by Crippen LogP contribution is -2.55. The summed E-state index contributed by atoms with van der Waals surface area (Å²) >= 11 is 0. The maximum Gasteiger partial charge on any atom is 0.378 e. The highest BCUT2D eigenvalue weighted by Gasteiger charge is 2.63. The van der Waals surface area contributed by atoms with Crippen LogP contribution < -0.4 is 5.32 Å². The molecular weight excluding hydrogens is 517 g/mol. The van der Waals surface area contributed by atoms with Crippen molar-refractivity contribution in [3.8, 4) is 11.3 Å². The second-order valence-corrected chi connectivity index (χ2v) is 10.9. The molecule has 11 nitrogen and oxygen atoms in total. The van der Waals surface area contributed by atoms with E-state index in [4.69, 9.17) is 14.0 Å². The molecule has 2 bridgehead atoms. The molecule has 3 heterocycles. The number of hydrogen-bond donors (Lipinski definition) is 2. The SMILES string of the molecule is COC(=O)[C@@H]1O[B-]2(C(CC(=O)[C@@H](NC(=O)c3cccc(-c4ccccc4)n3)[C@@H](C)O)CC(C)C)OC(=O)[C@H]1N2C. The first-order chi connectivity index (χ1) is 19.0. The quantitative estimate of drug-likeness (QED) is 0.314. The number of methoxy groups -OCH3 is 1. The number of nitrogens with one attached hydrogen (secondary N) is 1. The van der Waals surface area contributed by atoms with Gasteiger partial charge in [-0.3, -0.25) is 14.4 Å². The fourth-order valence-electron chi connectivity index (χ4n) is 5.71. The summed E-state index contributed by atoms with van der Waals surface area (Å²) in [5.74, 6) is -2.97. The maximum atomic E-state index is 13.6. The first-order valence-electron chi connectivity index (χ1n) is 13.4. The van der Waals surface area contributed by atoms with Crippen molar-refractivity contribution >= 4 is 30.3 Å². The molecule has 1 aromatic heterocycles. The van der Waals surface area contributed by atoms with Gasteiger partial charge >= 0.3 is 12.7 Å². The number of nitrogens with zero attached hydrogens (tertiary/aromatic N) is 2. The summed E-state index contributed by atoms with van der Waals surface area (Å²) in [5, 5.41) is 13.1. The molecule has 0 radical (unpaired) electrons. The molecule has 2 unspecified atom stereocenters. The molecule has 2 saturated heterocycles. The zero-order valence-electron chi connectivity index (χ0n) is 23.3. The number of ketones is 1. The average molecular weight is 552 g/mol. The highest BCUT2D eigenvalue weighted by molar-refractivity contribution is 6.71. The van der Waals surface area contributed by atoms with Gasteiger partial charge in [0.05, 0.1) is 18.9 Å². The summed E-state index contributed by atoms with van der Waals surface area (Å²) in [6.45, 7) is 2.79. The number of ether oxygens (including phenoxy) is 1. The lowest BCUT2D eigenvalue weighted by molar-refractivity contribution is -0.158. The molecule has 2 fully saturated rings. The average Bonchev–Trinajstić information content (AvgIpc) is 3.37. The molecule has 12 heteroatoms. The van der Waals surface area contributed by atoms with Crippen LogP contribution in [0.2, 0.25) is 5.82 Å². The Morgan fingerprint density at radius 3 is 2.45 bits per heavy atom. The first-order valence-corrected chi connectivity index (χ1v) is 13.4.